The molecule has 1 fully saturated rings. The van der Waals surface area contributed by atoms with Crippen molar-refractivity contribution in [1.29, 1.82) is 0 Å². The van der Waals surface area contributed by atoms with E-state index >= 15 is 0 Å². The lowest BCUT2D eigenvalue weighted by molar-refractivity contribution is -0.0769. The number of hydrogen-bond acceptors (Lipinski definition) is 9. The van der Waals surface area contributed by atoms with Gasteiger partial charge in [-0.25, -0.2) is 19.7 Å². The highest BCUT2D eigenvalue weighted by Crippen LogP contribution is 2.36. The number of fused-ring (bicyclic) bond motifs is 2. The molecular weight excluding hydrogens is 506 g/mol. The van der Waals surface area contributed by atoms with E-state index < -0.39 is 19.0 Å². The molecule has 9 nitrogen and oxygen atoms in total. The first-order valence-corrected chi connectivity index (χ1v) is 12.5. The number of aryl methyl sites for hydroxylation is 1. The first kappa shape index (κ1) is 25.0. The molecule has 3 heterocycles. The summed E-state index contributed by atoms with van der Waals surface area (Å²) >= 11 is 1.46. The van der Waals surface area contributed by atoms with Crippen LogP contribution in [0.25, 0.3) is 31.8 Å². The fourth-order valence-electron chi connectivity index (χ4n) is 3.90. The fraction of sp³-hybridized carbons (Fsp3) is 0.360. The number of carbonyl (C=O) groups excluding carboxylic acids is 1. The van der Waals surface area contributed by atoms with Crippen molar-refractivity contribution in [2.24, 2.45) is 0 Å². The molecule has 1 unspecified atom stereocenters. The van der Waals surface area contributed by atoms with Crippen LogP contribution in [0.4, 0.5) is 13.6 Å². The number of carbonyl (C=O) groups is 1. The van der Waals surface area contributed by atoms with Crippen LogP contribution in [0.15, 0.2) is 36.5 Å². The lowest BCUT2D eigenvalue weighted by Crippen LogP contribution is -2.33. The van der Waals surface area contributed by atoms with Crippen LogP contribution in [0.3, 0.4) is 0 Å². The van der Waals surface area contributed by atoms with Gasteiger partial charge in [-0.2, -0.15) is 8.78 Å². The summed E-state index contributed by atoms with van der Waals surface area (Å²) in [7, 11) is 1.65. The van der Waals surface area contributed by atoms with E-state index in [2.05, 4.69) is 14.7 Å². The third kappa shape index (κ3) is 5.86. The van der Waals surface area contributed by atoms with Crippen molar-refractivity contribution in [1.82, 2.24) is 19.9 Å². The van der Waals surface area contributed by atoms with Crippen molar-refractivity contribution in [3.05, 3.63) is 42.1 Å². The highest BCUT2D eigenvalue weighted by Gasteiger charge is 2.22. The monoisotopic (exact) mass is 530 g/mol. The van der Waals surface area contributed by atoms with Crippen LogP contribution in [-0.4, -0.2) is 65.7 Å². The molecule has 0 saturated carbocycles. The smallest absolute Gasteiger partial charge is 0.411 e. The van der Waals surface area contributed by atoms with Gasteiger partial charge in [-0.1, -0.05) is 0 Å². The molecule has 1 atom stereocenters. The Morgan fingerprint density at radius 1 is 1.24 bits per heavy atom. The molecule has 0 spiro atoms. The predicted molar refractivity (Wildman–Crippen MR) is 133 cm³/mol. The molecule has 1 aliphatic rings. The molecule has 1 saturated heterocycles. The molecule has 194 valence electrons. The summed E-state index contributed by atoms with van der Waals surface area (Å²) in [5.41, 5.74) is 3.40. The van der Waals surface area contributed by atoms with Gasteiger partial charge >= 0.3 is 12.7 Å². The zero-order valence-electron chi connectivity index (χ0n) is 20.1. The fourth-order valence-corrected chi connectivity index (χ4v) is 4.92. The van der Waals surface area contributed by atoms with Crippen LogP contribution in [0.1, 0.15) is 18.4 Å². The van der Waals surface area contributed by atoms with Gasteiger partial charge in [0.2, 0.25) is 12.2 Å². The van der Waals surface area contributed by atoms with Gasteiger partial charge in [0.1, 0.15) is 17.4 Å². The Bertz CT molecular complexity index is 1430. The third-order valence-electron chi connectivity index (χ3n) is 5.70. The summed E-state index contributed by atoms with van der Waals surface area (Å²) in [6, 6.07) is 9.26. The number of likely N-dealkylation sites (N-methyl/N-ethyl adjacent to an activating group) is 1. The highest BCUT2D eigenvalue weighted by atomic mass is 32.1. The maximum atomic E-state index is 12.6. The average molecular weight is 531 g/mol. The quantitative estimate of drug-likeness (QED) is 0.299. The number of rotatable bonds is 8. The molecule has 0 bridgehead atoms. The molecule has 4 aromatic rings. The van der Waals surface area contributed by atoms with Gasteiger partial charge in [0.25, 0.3) is 0 Å². The number of aromatic nitrogens is 3. The average Bonchev–Trinajstić information content (AvgIpc) is 3.52. The topological polar surface area (TPSA) is 95.9 Å². The Hall–Kier alpha value is -3.64. The Labute approximate surface area is 215 Å². The molecule has 0 aliphatic carbocycles. The minimum Gasteiger partial charge on any atom is -0.492 e. The number of nitrogens with zero attached hydrogens (tertiary/aromatic N) is 4. The molecule has 1 amide bonds. The zero-order valence-corrected chi connectivity index (χ0v) is 21.0. The van der Waals surface area contributed by atoms with Gasteiger partial charge in [0, 0.05) is 19.0 Å². The van der Waals surface area contributed by atoms with Gasteiger partial charge in [-0.05, 0) is 49.2 Å². The highest BCUT2D eigenvalue weighted by molar-refractivity contribution is 7.21. The van der Waals surface area contributed by atoms with Crippen molar-refractivity contribution in [3.63, 3.8) is 0 Å². The van der Waals surface area contributed by atoms with Gasteiger partial charge in [0.05, 0.1) is 40.6 Å². The van der Waals surface area contributed by atoms with E-state index in [9.17, 15) is 13.6 Å². The first-order chi connectivity index (χ1) is 17.9. The Kier molecular flexibility index (Phi) is 7.28. The molecule has 1 aliphatic heterocycles. The molecule has 0 N–H and O–H groups in total. The molecule has 2 aromatic carbocycles. The van der Waals surface area contributed by atoms with Crippen LogP contribution in [0.2, 0.25) is 0 Å². The zero-order chi connectivity index (χ0) is 25.9. The number of alkyl halides is 2. The molecule has 37 heavy (non-hydrogen) atoms. The van der Waals surface area contributed by atoms with E-state index in [1.165, 1.54) is 22.4 Å². The largest absolute Gasteiger partial charge is 0.492 e. The molecule has 5 rings (SSSR count). The number of hydrogen-bond donors (Lipinski definition) is 0. The number of ether oxygens (including phenoxy) is 4. The SMILES string of the molecule is Cc1cc(-c2nc3ccc(OCCN(C)C(=O)OC4CCCO4)cc3s2)c2ncc(OC(F)F)nc2c1. The second-order valence-corrected chi connectivity index (χ2v) is 9.54. The van der Waals surface area contributed by atoms with E-state index in [1.807, 2.05) is 31.2 Å². The van der Waals surface area contributed by atoms with Crippen molar-refractivity contribution in [2.75, 3.05) is 26.8 Å². The Morgan fingerprint density at radius 2 is 2.11 bits per heavy atom. The lowest BCUT2D eigenvalue weighted by atomic mass is 10.1. The van der Waals surface area contributed by atoms with Crippen molar-refractivity contribution >= 4 is 38.7 Å². The van der Waals surface area contributed by atoms with E-state index in [0.29, 0.717) is 41.4 Å². The summed E-state index contributed by atoms with van der Waals surface area (Å²) in [5, 5.41) is 0.717. The standard InChI is InChI=1S/C25H24F2N4O5S/c1-14-10-16(22-18(11-14)29-20(13-28-22)35-24(26)27)23-30-17-6-5-15(12-19(17)37-23)33-9-7-31(2)25(32)36-21-4-3-8-34-21/h5-6,10-13,21,24H,3-4,7-9H2,1-2H3. The minimum atomic E-state index is -2.97. The Morgan fingerprint density at radius 3 is 2.89 bits per heavy atom. The maximum absolute atomic E-state index is 12.6. The molecular formula is C25H24F2N4O5S. The van der Waals surface area contributed by atoms with E-state index in [1.54, 1.807) is 13.1 Å². The summed E-state index contributed by atoms with van der Waals surface area (Å²) in [5.74, 6) is 0.405. The van der Waals surface area contributed by atoms with E-state index in [0.717, 1.165) is 27.8 Å². The van der Waals surface area contributed by atoms with Gasteiger partial charge in [-0.3, -0.25) is 0 Å². The van der Waals surface area contributed by atoms with Gasteiger partial charge in [-0.15, -0.1) is 11.3 Å². The second-order valence-electron chi connectivity index (χ2n) is 8.51. The molecule has 0 radical (unpaired) electrons. The van der Waals surface area contributed by atoms with Crippen LogP contribution < -0.4 is 9.47 Å². The van der Waals surface area contributed by atoms with Crippen molar-refractivity contribution in [2.45, 2.75) is 32.7 Å². The van der Waals surface area contributed by atoms with Crippen molar-refractivity contribution < 1.29 is 32.5 Å². The number of thiazole rings is 1. The van der Waals surface area contributed by atoms with Crippen molar-refractivity contribution in [3.8, 4) is 22.2 Å². The number of benzene rings is 2. The van der Waals surface area contributed by atoms with Crippen LogP contribution in [0, 0.1) is 6.92 Å². The van der Waals surface area contributed by atoms with E-state index in [4.69, 9.17) is 19.2 Å². The van der Waals surface area contributed by atoms with Gasteiger partial charge in [0.15, 0.2) is 0 Å². The number of amides is 1. The second kappa shape index (κ2) is 10.8. The van der Waals surface area contributed by atoms with Crippen LogP contribution >= 0.6 is 11.3 Å². The minimum absolute atomic E-state index is 0.240. The predicted octanol–water partition coefficient (Wildman–Crippen LogP) is 5.40. The summed E-state index contributed by atoms with van der Waals surface area (Å²) in [6.45, 7) is 0.158. The molecule has 2 aromatic heterocycles. The lowest BCUT2D eigenvalue weighted by Gasteiger charge is -2.19. The van der Waals surface area contributed by atoms with E-state index in [-0.39, 0.29) is 12.5 Å². The Balaban J connectivity index is 1.29. The maximum Gasteiger partial charge on any atom is 0.411 e. The summed E-state index contributed by atoms with van der Waals surface area (Å²) < 4.78 is 46.9. The van der Waals surface area contributed by atoms with Crippen LogP contribution in [0.5, 0.6) is 11.6 Å². The van der Waals surface area contributed by atoms with Crippen LogP contribution in [-0.2, 0) is 9.47 Å². The summed E-state index contributed by atoms with van der Waals surface area (Å²) in [6.07, 6.45) is 1.87. The number of halogens is 2. The first-order valence-electron chi connectivity index (χ1n) is 11.6. The van der Waals surface area contributed by atoms with Gasteiger partial charge < -0.3 is 23.8 Å². The molecule has 12 heteroatoms. The third-order valence-corrected chi connectivity index (χ3v) is 6.75. The summed E-state index contributed by atoms with van der Waals surface area (Å²) in [4.78, 5) is 26.8. The normalized spacial score (nSPS) is 15.4.